The zero-order valence-electron chi connectivity index (χ0n) is 6.74. The molecule has 2 N–H and O–H groups in total. The van der Waals surface area contributed by atoms with Crippen molar-refractivity contribution in [2.45, 2.75) is 0 Å². The summed E-state index contributed by atoms with van der Waals surface area (Å²) < 4.78 is 0. The first-order chi connectivity index (χ1) is 6.33. The highest BCUT2D eigenvalue weighted by molar-refractivity contribution is 6.06. The monoisotopic (exact) mass is 173 g/mol. The number of aromatic nitrogens is 1. The second-order valence-electron chi connectivity index (χ2n) is 2.67. The minimum atomic E-state index is -0.541. The Balaban J connectivity index is 2.71. The fourth-order valence-corrected chi connectivity index (χ4v) is 1.31. The van der Waals surface area contributed by atoms with Crippen molar-refractivity contribution in [2.75, 3.05) is 0 Å². The zero-order valence-corrected chi connectivity index (χ0v) is 6.74. The maximum absolute atomic E-state index is 11.1. The van der Waals surface area contributed by atoms with Crippen molar-refractivity contribution >= 4 is 16.7 Å². The highest BCUT2D eigenvalue weighted by atomic mass is 16.1. The third-order valence-electron chi connectivity index (χ3n) is 1.92. The molecule has 1 heterocycles. The Morgan fingerprint density at radius 3 is 2.92 bits per heavy atom. The van der Waals surface area contributed by atoms with E-state index in [1.807, 2.05) is 24.3 Å². The van der Waals surface area contributed by atoms with Crippen LogP contribution in [0.1, 0.15) is 10.5 Å². The topological polar surface area (TPSA) is 69.1 Å². The van der Waals surface area contributed by atoms with Crippen LogP contribution in [0.15, 0.2) is 35.6 Å². The van der Waals surface area contributed by atoms with Gasteiger partial charge in [0.15, 0.2) is 0 Å². The van der Waals surface area contributed by atoms with E-state index in [1.165, 1.54) is 0 Å². The number of aromatic amines is 1. The molecule has 0 aliphatic carbocycles. The number of fused-ring (bicyclic) bond motifs is 1. The predicted molar refractivity (Wildman–Crippen MR) is 47.8 cm³/mol. The molecule has 4 nitrogen and oxygen atoms in total. The Hall–Kier alpha value is -1.97. The molecule has 2 rings (SSSR count). The van der Waals surface area contributed by atoms with Gasteiger partial charge in [0.1, 0.15) is 5.69 Å². The van der Waals surface area contributed by atoms with Crippen molar-refractivity contribution in [2.24, 2.45) is 5.11 Å². The molecule has 0 fully saturated rings. The molecule has 2 aromatic rings. The molecule has 0 radical (unpaired) electrons. The van der Waals surface area contributed by atoms with E-state index >= 15 is 0 Å². The number of carbonyl (C=O) groups excluding carboxylic acids is 1. The molecule has 0 atom stereocenters. The van der Waals surface area contributed by atoms with E-state index in [1.54, 1.807) is 6.20 Å². The Kier molecular flexibility index (Phi) is 1.66. The largest absolute Gasteiger partial charge is 0.356 e. The van der Waals surface area contributed by atoms with Gasteiger partial charge in [0.25, 0.3) is 0 Å². The van der Waals surface area contributed by atoms with E-state index in [0.717, 1.165) is 10.8 Å². The van der Waals surface area contributed by atoms with Gasteiger partial charge in [-0.25, -0.2) is 5.53 Å². The van der Waals surface area contributed by atoms with Crippen LogP contribution in [0, 0.1) is 5.53 Å². The Labute approximate surface area is 74.1 Å². The lowest BCUT2D eigenvalue weighted by molar-refractivity contribution is 0.0988. The molecule has 64 valence electrons. The highest BCUT2D eigenvalue weighted by Crippen LogP contribution is 2.17. The summed E-state index contributed by atoms with van der Waals surface area (Å²) >= 11 is 0. The van der Waals surface area contributed by atoms with E-state index in [0.29, 0.717) is 5.69 Å². The van der Waals surface area contributed by atoms with Crippen molar-refractivity contribution in [3.8, 4) is 0 Å². The third-order valence-corrected chi connectivity index (χ3v) is 1.92. The molecule has 1 aromatic heterocycles. The number of nitrogens with one attached hydrogen (secondary N) is 2. The normalized spacial score (nSPS) is 10.2. The Bertz CT molecular complexity index is 472. The van der Waals surface area contributed by atoms with Gasteiger partial charge in [-0.15, -0.1) is 5.11 Å². The van der Waals surface area contributed by atoms with Gasteiger partial charge in [-0.2, -0.15) is 0 Å². The second-order valence-corrected chi connectivity index (χ2v) is 2.67. The van der Waals surface area contributed by atoms with Gasteiger partial charge in [-0.05, 0) is 5.39 Å². The van der Waals surface area contributed by atoms with Crippen LogP contribution in [0.2, 0.25) is 0 Å². The van der Waals surface area contributed by atoms with Gasteiger partial charge >= 0.3 is 5.91 Å². The standard InChI is InChI=1S/C9H7N3O/c10-12-9(13)8-7-4-2-1-3-6(7)5-11-8/h1-5,10-11H. The van der Waals surface area contributed by atoms with Crippen molar-refractivity contribution in [3.05, 3.63) is 36.2 Å². The average Bonchev–Trinajstić information content (AvgIpc) is 2.60. The van der Waals surface area contributed by atoms with Gasteiger partial charge in [0.05, 0.1) is 0 Å². The van der Waals surface area contributed by atoms with Crippen molar-refractivity contribution < 1.29 is 4.79 Å². The Morgan fingerprint density at radius 1 is 1.38 bits per heavy atom. The molecular formula is C9H7N3O. The van der Waals surface area contributed by atoms with E-state index in [4.69, 9.17) is 5.53 Å². The first kappa shape index (κ1) is 7.67. The number of hydrogen-bond donors (Lipinski definition) is 2. The van der Waals surface area contributed by atoms with Gasteiger partial charge in [0, 0.05) is 11.6 Å². The van der Waals surface area contributed by atoms with Crippen molar-refractivity contribution in [1.82, 2.24) is 4.98 Å². The van der Waals surface area contributed by atoms with Gasteiger partial charge < -0.3 is 4.98 Å². The number of nitrogens with zero attached hydrogens (tertiary/aromatic N) is 1. The van der Waals surface area contributed by atoms with Gasteiger partial charge in [-0.3, -0.25) is 4.79 Å². The van der Waals surface area contributed by atoms with E-state index in [-0.39, 0.29) is 0 Å². The summed E-state index contributed by atoms with van der Waals surface area (Å²) in [5, 5.41) is 4.62. The first-order valence-electron chi connectivity index (χ1n) is 3.81. The van der Waals surface area contributed by atoms with Crippen LogP contribution < -0.4 is 0 Å². The van der Waals surface area contributed by atoms with Gasteiger partial charge in [-0.1, -0.05) is 24.3 Å². The summed E-state index contributed by atoms with van der Waals surface area (Å²) in [5.41, 5.74) is 7.00. The molecule has 0 bridgehead atoms. The number of rotatable bonds is 1. The minimum Gasteiger partial charge on any atom is -0.356 e. The fraction of sp³-hybridized carbons (Fsp3) is 0. The van der Waals surface area contributed by atoms with Crippen molar-refractivity contribution in [1.29, 1.82) is 5.53 Å². The fourth-order valence-electron chi connectivity index (χ4n) is 1.31. The van der Waals surface area contributed by atoms with E-state index < -0.39 is 5.91 Å². The van der Waals surface area contributed by atoms with Crippen LogP contribution in [0.25, 0.3) is 10.8 Å². The van der Waals surface area contributed by atoms with Crippen molar-refractivity contribution in [3.63, 3.8) is 0 Å². The van der Waals surface area contributed by atoms with E-state index in [2.05, 4.69) is 10.1 Å². The van der Waals surface area contributed by atoms with Crippen LogP contribution in [0.3, 0.4) is 0 Å². The van der Waals surface area contributed by atoms with Crippen LogP contribution >= 0.6 is 0 Å². The molecule has 0 saturated carbocycles. The molecule has 0 saturated heterocycles. The molecular weight excluding hydrogens is 166 g/mol. The summed E-state index contributed by atoms with van der Waals surface area (Å²) in [6.07, 6.45) is 1.73. The molecule has 1 aromatic carbocycles. The molecule has 4 heteroatoms. The number of carbonyl (C=O) groups is 1. The lowest BCUT2D eigenvalue weighted by atomic mass is 10.2. The average molecular weight is 173 g/mol. The number of amides is 1. The Morgan fingerprint density at radius 2 is 2.15 bits per heavy atom. The SMILES string of the molecule is N=NC(=O)c1[nH]cc2ccccc12. The molecule has 1 amide bonds. The number of H-pyrrole nitrogens is 1. The third kappa shape index (κ3) is 1.12. The smallest absolute Gasteiger partial charge is 0.311 e. The predicted octanol–water partition coefficient (Wildman–Crippen LogP) is 2.34. The summed E-state index contributed by atoms with van der Waals surface area (Å²) in [6, 6.07) is 7.45. The van der Waals surface area contributed by atoms with Crippen LogP contribution in [-0.2, 0) is 0 Å². The summed E-state index contributed by atoms with van der Waals surface area (Å²) in [4.78, 5) is 13.9. The highest BCUT2D eigenvalue weighted by Gasteiger charge is 2.09. The number of benzene rings is 1. The second kappa shape index (κ2) is 2.82. The molecule has 0 aliphatic rings. The quantitative estimate of drug-likeness (QED) is 0.638. The van der Waals surface area contributed by atoms with Crippen LogP contribution in [-0.4, -0.2) is 10.9 Å². The lowest BCUT2D eigenvalue weighted by Crippen LogP contribution is -1.93. The number of hydrogen-bond acceptors (Lipinski definition) is 2. The maximum atomic E-state index is 11.1. The van der Waals surface area contributed by atoms with E-state index in [9.17, 15) is 4.79 Å². The lowest BCUT2D eigenvalue weighted by Gasteiger charge is -1.90. The molecule has 0 aliphatic heterocycles. The van der Waals surface area contributed by atoms with Crippen LogP contribution in [0.4, 0.5) is 0 Å². The molecule has 13 heavy (non-hydrogen) atoms. The molecule has 0 spiro atoms. The molecule has 0 unspecified atom stereocenters. The maximum Gasteiger partial charge on any atom is 0.311 e. The summed E-state index contributed by atoms with van der Waals surface area (Å²) in [5.74, 6) is -0.541. The minimum absolute atomic E-state index is 0.380. The first-order valence-corrected chi connectivity index (χ1v) is 3.81. The van der Waals surface area contributed by atoms with Crippen LogP contribution in [0.5, 0.6) is 0 Å². The summed E-state index contributed by atoms with van der Waals surface area (Å²) in [6.45, 7) is 0. The summed E-state index contributed by atoms with van der Waals surface area (Å²) in [7, 11) is 0. The zero-order chi connectivity index (χ0) is 9.26. The van der Waals surface area contributed by atoms with Gasteiger partial charge in [0.2, 0.25) is 0 Å².